The van der Waals surface area contributed by atoms with Crippen molar-refractivity contribution in [1.82, 2.24) is 0 Å². The summed E-state index contributed by atoms with van der Waals surface area (Å²) in [6, 6.07) is 63.3. The van der Waals surface area contributed by atoms with Crippen molar-refractivity contribution in [2.45, 2.75) is 0 Å². The van der Waals surface area contributed by atoms with E-state index in [2.05, 4.69) is 181 Å². The highest BCUT2D eigenvalue weighted by atomic mass is 16.3. The lowest BCUT2D eigenvalue weighted by Crippen LogP contribution is -2.11. The molecule has 0 aliphatic rings. The highest BCUT2D eigenvalue weighted by molar-refractivity contribution is 6.18. The van der Waals surface area contributed by atoms with Crippen LogP contribution < -0.4 is 4.90 Å². The molecule has 0 radical (unpaired) electrons. The van der Waals surface area contributed by atoms with E-state index in [0.29, 0.717) is 0 Å². The first-order valence-corrected chi connectivity index (χ1v) is 16.4. The zero-order chi connectivity index (χ0) is 31.6. The minimum Gasteiger partial charge on any atom is -0.455 e. The summed E-state index contributed by atoms with van der Waals surface area (Å²) in [5.74, 6) is 0. The Hall–Kier alpha value is -6.38. The van der Waals surface area contributed by atoms with Gasteiger partial charge in [-0.25, -0.2) is 0 Å². The van der Waals surface area contributed by atoms with Gasteiger partial charge in [0, 0.05) is 39.2 Å². The lowest BCUT2D eigenvalue weighted by atomic mass is 9.96. The average Bonchev–Trinajstić information content (AvgIpc) is 3.54. The van der Waals surface area contributed by atoms with Gasteiger partial charge in [0.25, 0.3) is 0 Å². The normalized spacial score (nSPS) is 11.8. The van der Waals surface area contributed by atoms with Crippen molar-refractivity contribution in [2.75, 3.05) is 4.90 Å². The molecule has 0 N–H and O–H groups in total. The average molecular weight is 612 g/mol. The van der Waals surface area contributed by atoms with Crippen LogP contribution in [-0.4, -0.2) is 0 Å². The molecule has 2 heteroatoms. The Labute approximate surface area is 277 Å². The molecule has 10 rings (SSSR count). The third-order valence-corrected chi connectivity index (χ3v) is 9.82. The van der Waals surface area contributed by atoms with Crippen LogP contribution in [-0.2, 0) is 0 Å². The highest BCUT2D eigenvalue weighted by Crippen LogP contribution is 2.44. The lowest BCUT2D eigenvalue weighted by molar-refractivity contribution is 0.672. The third kappa shape index (κ3) is 4.13. The van der Waals surface area contributed by atoms with Crippen LogP contribution in [0.25, 0.3) is 76.2 Å². The number of para-hydroxylation sites is 1. The largest absolute Gasteiger partial charge is 0.455 e. The van der Waals surface area contributed by atoms with Crippen LogP contribution in [0.2, 0.25) is 0 Å². The van der Waals surface area contributed by atoms with Crippen molar-refractivity contribution < 1.29 is 4.42 Å². The summed E-state index contributed by atoms with van der Waals surface area (Å²) in [6.45, 7) is 0. The number of furan rings is 1. The Morgan fingerprint density at radius 1 is 0.354 bits per heavy atom. The molecule has 0 saturated carbocycles. The molecule has 10 aromatic rings. The van der Waals surface area contributed by atoms with E-state index in [-0.39, 0.29) is 0 Å². The molecule has 48 heavy (non-hydrogen) atoms. The minimum atomic E-state index is 0.874. The summed E-state index contributed by atoms with van der Waals surface area (Å²) in [5.41, 5.74) is 7.38. The molecule has 0 saturated heterocycles. The fourth-order valence-corrected chi connectivity index (χ4v) is 7.53. The molecule has 0 aliphatic carbocycles. The van der Waals surface area contributed by atoms with Gasteiger partial charge in [-0.2, -0.15) is 0 Å². The second-order valence-corrected chi connectivity index (χ2v) is 12.5. The fourth-order valence-electron chi connectivity index (χ4n) is 7.53. The number of anilines is 3. The Morgan fingerprint density at radius 3 is 1.75 bits per heavy atom. The first-order valence-electron chi connectivity index (χ1n) is 16.4. The van der Waals surface area contributed by atoms with Crippen molar-refractivity contribution in [1.29, 1.82) is 0 Å². The second-order valence-electron chi connectivity index (χ2n) is 12.5. The Morgan fingerprint density at radius 2 is 0.917 bits per heavy atom. The fraction of sp³-hybridized carbons (Fsp3) is 0. The smallest absolute Gasteiger partial charge is 0.143 e. The van der Waals surface area contributed by atoms with E-state index < -0.39 is 0 Å². The molecule has 1 aromatic heterocycles. The Kier molecular flexibility index (Phi) is 5.91. The molecule has 0 fully saturated rings. The van der Waals surface area contributed by atoms with E-state index in [1.165, 1.54) is 43.3 Å². The number of nitrogens with zero attached hydrogens (tertiary/aromatic N) is 1. The van der Waals surface area contributed by atoms with Gasteiger partial charge in [-0.15, -0.1) is 0 Å². The van der Waals surface area contributed by atoms with Crippen molar-refractivity contribution in [3.8, 4) is 11.1 Å². The summed E-state index contributed by atoms with van der Waals surface area (Å²) >= 11 is 0. The number of rotatable bonds is 4. The summed E-state index contributed by atoms with van der Waals surface area (Å²) < 4.78 is 6.69. The second kappa shape index (κ2) is 10.6. The summed E-state index contributed by atoms with van der Waals surface area (Å²) in [4.78, 5) is 2.38. The first kappa shape index (κ1) is 26.8. The van der Waals surface area contributed by atoms with Gasteiger partial charge in [-0.3, -0.25) is 0 Å². The van der Waals surface area contributed by atoms with Crippen molar-refractivity contribution in [3.05, 3.63) is 176 Å². The van der Waals surface area contributed by atoms with E-state index in [4.69, 9.17) is 4.42 Å². The predicted octanol–water partition coefficient (Wildman–Crippen LogP) is 13.3. The molecule has 0 unspecified atom stereocenters. The van der Waals surface area contributed by atoms with Gasteiger partial charge in [0.15, 0.2) is 0 Å². The standard InChI is InChI=1S/C46H29NO/c1-2-10-30(11-3-1)37-15-8-9-17-44(37)47(35-23-27-41-42-26-21-32-13-5-7-16-38(32)46(42)48-45(41)29-35)34-22-18-33-20-24-39-36-14-6-4-12-31(36)19-25-40(39)43(33)28-34/h1-29H. The van der Waals surface area contributed by atoms with Gasteiger partial charge in [0.05, 0.1) is 5.69 Å². The SMILES string of the molecule is c1ccc(-c2ccccc2N(c2ccc3c(c2)oc2c4ccccc4ccc32)c2ccc3ccc4c5ccccc5ccc4c3c2)cc1. The lowest BCUT2D eigenvalue weighted by Gasteiger charge is -2.28. The molecule has 0 spiro atoms. The van der Waals surface area contributed by atoms with E-state index in [1.54, 1.807) is 0 Å². The molecule has 1 heterocycles. The highest BCUT2D eigenvalue weighted by Gasteiger charge is 2.20. The zero-order valence-corrected chi connectivity index (χ0v) is 26.1. The van der Waals surface area contributed by atoms with Gasteiger partial charge >= 0.3 is 0 Å². The van der Waals surface area contributed by atoms with Gasteiger partial charge in [-0.1, -0.05) is 133 Å². The molecule has 0 amide bonds. The predicted molar refractivity (Wildman–Crippen MR) is 204 cm³/mol. The topological polar surface area (TPSA) is 16.4 Å². The maximum Gasteiger partial charge on any atom is 0.143 e. The van der Waals surface area contributed by atoms with Crippen LogP contribution in [0.4, 0.5) is 17.1 Å². The zero-order valence-electron chi connectivity index (χ0n) is 26.1. The van der Waals surface area contributed by atoms with E-state index >= 15 is 0 Å². The number of hydrogen-bond donors (Lipinski definition) is 0. The minimum absolute atomic E-state index is 0.874. The summed E-state index contributed by atoms with van der Waals surface area (Å²) in [5, 5.41) is 12.1. The molecule has 9 aromatic carbocycles. The molecular weight excluding hydrogens is 583 g/mol. The molecule has 0 atom stereocenters. The van der Waals surface area contributed by atoms with Gasteiger partial charge in [0.2, 0.25) is 0 Å². The molecule has 0 bridgehead atoms. The number of hydrogen-bond acceptors (Lipinski definition) is 2. The van der Waals surface area contributed by atoms with Crippen LogP contribution in [0, 0.1) is 0 Å². The van der Waals surface area contributed by atoms with Crippen molar-refractivity contribution >= 4 is 82.1 Å². The van der Waals surface area contributed by atoms with Crippen LogP contribution in [0.1, 0.15) is 0 Å². The number of benzene rings is 9. The quantitative estimate of drug-likeness (QED) is 0.184. The third-order valence-electron chi connectivity index (χ3n) is 9.82. The van der Waals surface area contributed by atoms with E-state index in [1.807, 2.05) is 0 Å². The van der Waals surface area contributed by atoms with Gasteiger partial charge < -0.3 is 9.32 Å². The summed E-state index contributed by atoms with van der Waals surface area (Å²) in [7, 11) is 0. The number of fused-ring (bicyclic) bond motifs is 10. The van der Waals surface area contributed by atoms with Crippen LogP contribution in [0.15, 0.2) is 180 Å². The van der Waals surface area contributed by atoms with E-state index in [9.17, 15) is 0 Å². The van der Waals surface area contributed by atoms with E-state index in [0.717, 1.165) is 50.0 Å². The van der Waals surface area contributed by atoms with Gasteiger partial charge in [0.1, 0.15) is 11.2 Å². The first-order chi connectivity index (χ1) is 23.8. The van der Waals surface area contributed by atoms with Gasteiger partial charge in [-0.05, 0) is 79.7 Å². The van der Waals surface area contributed by atoms with Crippen LogP contribution in [0.5, 0.6) is 0 Å². The summed E-state index contributed by atoms with van der Waals surface area (Å²) in [6.07, 6.45) is 0. The Bertz CT molecular complexity index is 2850. The van der Waals surface area contributed by atoms with Crippen molar-refractivity contribution in [3.63, 3.8) is 0 Å². The van der Waals surface area contributed by atoms with Crippen molar-refractivity contribution in [2.24, 2.45) is 0 Å². The maximum absolute atomic E-state index is 6.69. The molecular formula is C46H29NO. The van der Waals surface area contributed by atoms with Crippen LogP contribution in [0.3, 0.4) is 0 Å². The molecule has 0 aliphatic heterocycles. The molecule has 224 valence electrons. The molecule has 2 nitrogen and oxygen atoms in total. The Balaban J connectivity index is 1.24. The maximum atomic E-state index is 6.69. The monoisotopic (exact) mass is 611 g/mol. The van der Waals surface area contributed by atoms with Crippen LogP contribution >= 0.6 is 0 Å².